The number of rotatable bonds is 36. The van der Waals surface area contributed by atoms with Gasteiger partial charge in [0.1, 0.15) is 12.2 Å². The van der Waals surface area contributed by atoms with E-state index in [0.29, 0.717) is 12.8 Å². The lowest BCUT2D eigenvalue weighted by Gasteiger charge is -2.27. The maximum Gasteiger partial charge on any atom is 0.249 e. The van der Waals surface area contributed by atoms with Crippen LogP contribution in [0.25, 0.3) is 0 Å². The first kappa shape index (κ1) is 44.3. The van der Waals surface area contributed by atoms with E-state index in [9.17, 15) is 25.2 Å². The number of carbonyl (C=O) groups is 1. The van der Waals surface area contributed by atoms with Crippen LogP contribution in [0.5, 0.6) is 0 Å². The quantitative estimate of drug-likeness (QED) is 0.0438. The SMILES string of the molecule is CCCCCCCCCCCCCCCCCCCC(O)C(=O)N[C@H](CO)[C@H](O)C(O)CCCCCCCCCCCCCC. The van der Waals surface area contributed by atoms with Crippen LogP contribution in [0.4, 0.5) is 0 Å². The van der Waals surface area contributed by atoms with Gasteiger partial charge in [-0.2, -0.15) is 0 Å². The molecule has 5 N–H and O–H groups in total. The van der Waals surface area contributed by atoms with Crippen LogP contribution in [0.3, 0.4) is 0 Å². The standard InChI is InChI=1S/C39H79NO5/c1-3-5-7-9-11-13-15-17-18-19-20-21-23-25-27-29-31-33-37(43)39(45)40-35(34-41)38(44)36(42)32-30-28-26-24-22-16-14-12-10-8-6-4-2/h35-38,41-44H,3-34H2,1-2H3,(H,40,45)/t35-,36?,37?,38+/m1/s1. The third kappa shape index (κ3) is 29.2. The first-order chi connectivity index (χ1) is 22.0. The zero-order valence-corrected chi connectivity index (χ0v) is 30.1. The molecule has 0 heterocycles. The Bertz CT molecular complexity index is 604. The molecule has 0 radical (unpaired) electrons. The number of aliphatic hydroxyl groups is 4. The Morgan fingerprint density at radius 3 is 1.07 bits per heavy atom. The molecule has 0 aliphatic rings. The summed E-state index contributed by atoms with van der Waals surface area (Å²) in [4.78, 5) is 12.5. The van der Waals surface area contributed by atoms with E-state index in [0.717, 1.165) is 38.5 Å². The zero-order valence-electron chi connectivity index (χ0n) is 30.1. The van der Waals surface area contributed by atoms with Crippen LogP contribution in [0.15, 0.2) is 0 Å². The smallest absolute Gasteiger partial charge is 0.249 e. The van der Waals surface area contributed by atoms with Crippen LogP contribution >= 0.6 is 0 Å². The summed E-state index contributed by atoms with van der Waals surface area (Å²) < 4.78 is 0. The van der Waals surface area contributed by atoms with Gasteiger partial charge in [0.25, 0.3) is 0 Å². The predicted molar refractivity (Wildman–Crippen MR) is 192 cm³/mol. The second-order valence-electron chi connectivity index (χ2n) is 14.0. The lowest BCUT2D eigenvalue weighted by atomic mass is 9.99. The van der Waals surface area contributed by atoms with Crippen molar-refractivity contribution < 1.29 is 25.2 Å². The lowest BCUT2D eigenvalue weighted by Crippen LogP contribution is -2.53. The van der Waals surface area contributed by atoms with Crippen molar-refractivity contribution in [2.24, 2.45) is 0 Å². The maximum absolute atomic E-state index is 12.5. The number of hydrogen-bond donors (Lipinski definition) is 5. The Labute approximate surface area is 279 Å². The summed E-state index contributed by atoms with van der Waals surface area (Å²) in [7, 11) is 0. The normalized spacial score (nSPS) is 14.4. The molecule has 270 valence electrons. The predicted octanol–water partition coefficient (Wildman–Crippen LogP) is 9.68. The summed E-state index contributed by atoms with van der Waals surface area (Å²) in [5.74, 6) is -0.581. The Hall–Kier alpha value is -0.690. The molecule has 45 heavy (non-hydrogen) atoms. The molecule has 0 rings (SSSR count). The van der Waals surface area contributed by atoms with Crippen molar-refractivity contribution in [2.45, 2.75) is 237 Å². The number of carbonyl (C=O) groups excluding carboxylic acids is 1. The summed E-state index contributed by atoms with van der Waals surface area (Å²) in [5.41, 5.74) is 0. The number of amides is 1. The van der Waals surface area contributed by atoms with Crippen molar-refractivity contribution in [3.63, 3.8) is 0 Å². The van der Waals surface area contributed by atoms with E-state index in [4.69, 9.17) is 0 Å². The Kier molecular flexibility index (Phi) is 34.1. The Morgan fingerprint density at radius 1 is 0.467 bits per heavy atom. The molecular weight excluding hydrogens is 562 g/mol. The topological polar surface area (TPSA) is 110 Å². The van der Waals surface area contributed by atoms with Gasteiger partial charge in [0.2, 0.25) is 5.91 Å². The van der Waals surface area contributed by atoms with Gasteiger partial charge < -0.3 is 25.7 Å². The molecule has 1 amide bonds. The molecular formula is C39H79NO5. The van der Waals surface area contributed by atoms with Crippen molar-refractivity contribution in [1.29, 1.82) is 0 Å². The largest absolute Gasteiger partial charge is 0.394 e. The number of aliphatic hydroxyl groups excluding tert-OH is 4. The molecule has 6 nitrogen and oxygen atoms in total. The van der Waals surface area contributed by atoms with Gasteiger partial charge in [0.15, 0.2) is 0 Å². The summed E-state index contributed by atoms with van der Waals surface area (Å²) in [6.45, 7) is 4.04. The fourth-order valence-corrected chi connectivity index (χ4v) is 6.34. The third-order valence-electron chi connectivity index (χ3n) is 9.57. The van der Waals surface area contributed by atoms with Crippen LogP contribution in [-0.4, -0.2) is 57.3 Å². The third-order valence-corrected chi connectivity index (χ3v) is 9.57. The van der Waals surface area contributed by atoms with Crippen LogP contribution in [0, 0.1) is 0 Å². The van der Waals surface area contributed by atoms with Crippen LogP contribution < -0.4 is 5.32 Å². The fourth-order valence-electron chi connectivity index (χ4n) is 6.34. The molecule has 2 unspecified atom stereocenters. The second kappa shape index (κ2) is 34.6. The van der Waals surface area contributed by atoms with Crippen molar-refractivity contribution in [2.75, 3.05) is 6.61 Å². The van der Waals surface area contributed by atoms with Gasteiger partial charge in [0.05, 0.1) is 18.8 Å². The van der Waals surface area contributed by atoms with Crippen LogP contribution in [0.2, 0.25) is 0 Å². The molecule has 6 heteroatoms. The van der Waals surface area contributed by atoms with Gasteiger partial charge in [-0.25, -0.2) is 0 Å². The van der Waals surface area contributed by atoms with E-state index in [-0.39, 0.29) is 0 Å². The van der Waals surface area contributed by atoms with E-state index in [1.54, 1.807) is 0 Å². The van der Waals surface area contributed by atoms with Gasteiger partial charge in [-0.15, -0.1) is 0 Å². The molecule has 0 aliphatic carbocycles. The lowest BCUT2D eigenvalue weighted by molar-refractivity contribution is -0.132. The average Bonchev–Trinajstić information content (AvgIpc) is 3.04. The highest BCUT2D eigenvalue weighted by molar-refractivity contribution is 5.80. The second-order valence-corrected chi connectivity index (χ2v) is 14.0. The molecule has 0 spiro atoms. The summed E-state index contributed by atoms with van der Waals surface area (Å²) in [6.07, 6.45) is 34.1. The van der Waals surface area contributed by atoms with E-state index < -0.39 is 36.9 Å². The van der Waals surface area contributed by atoms with Gasteiger partial charge in [-0.05, 0) is 12.8 Å². The molecule has 0 aromatic carbocycles. The molecule has 0 bridgehead atoms. The minimum Gasteiger partial charge on any atom is -0.394 e. The number of unbranched alkanes of at least 4 members (excludes halogenated alkanes) is 27. The average molecular weight is 642 g/mol. The van der Waals surface area contributed by atoms with Gasteiger partial charge in [-0.3, -0.25) is 4.79 Å². The first-order valence-electron chi connectivity index (χ1n) is 19.9. The van der Waals surface area contributed by atoms with E-state index in [2.05, 4.69) is 19.2 Å². The van der Waals surface area contributed by atoms with Crippen molar-refractivity contribution in [1.82, 2.24) is 5.32 Å². The monoisotopic (exact) mass is 642 g/mol. The number of hydrogen-bond acceptors (Lipinski definition) is 5. The molecule has 0 aromatic rings. The van der Waals surface area contributed by atoms with Gasteiger partial charge >= 0.3 is 0 Å². The number of nitrogens with one attached hydrogen (secondary N) is 1. The highest BCUT2D eigenvalue weighted by Gasteiger charge is 2.28. The van der Waals surface area contributed by atoms with Crippen molar-refractivity contribution in [3.8, 4) is 0 Å². The minimum absolute atomic E-state index is 0.375. The highest BCUT2D eigenvalue weighted by Crippen LogP contribution is 2.16. The van der Waals surface area contributed by atoms with Crippen LogP contribution in [0.1, 0.15) is 213 Å². The fraction of sp³-hybridized carbons (Fsp3) is 0.974. The van der Waals surface area contributed by atoms with E-state index >= 15 is 0 Å². The van der Waals surface area contributed by atoms with Crippen molar-refractivity contribution >= 4 is 5.91 Å². The van der Waals surface area contributed by atoms with E-state index in [1.807, 2.05) is 0 Å². The van der Waals surface area contributed by atoms with Gasteiger partial charge in [-0.1, -0.05) is 200 Å². The van der Waals surface area contributed by atoms with Gasteiger partial charge in [0, 0.05) is 0 Å². The Morgan fingerprint density at radius 2 is 0.756 bits per heavy atom. The molecule has 4 atom stereocenters. The summed E-state index contributed by atoms with van der Waals surface area (Å²) in [5, 5.41) is 43.5. The minimum atomic E-state index is -1.25. The van der Waals surface area contributed by atoms with Crippen LogP contribution in [-0.2, 0) is 4.79 Å². The summed E-state index contributed by atoms with van der Waals surface area (Å²) >= 11 is 0. The first-order valence-corrected chi connectivity index (χ1v) is 19.9. The highest BCUT2D eigenvalue weighted by atomic mass is 16.3. The van der Waals surface area contributed by atoms with E-state index in [1.165, 1.54) is 148 Å². The maximum atomic E-state index is 12.5. The summed E-state index contributed by atoms with van der Waals surface area (Å²) in [6, 6.07) is -0.977. The molecule has 0 fully saturated rings. The molecule has 0 aliphatic heterocycles. The molecule has 0 saturated heterocycles. The Balaban J connectivity index is 3.74. The molecule has 0 saturated carbocycles. The van der Waals surface area contributed by atoms with Crippen molar-refractivity contribution in [3.05, 3.63) is 0 Å². The zero-order chi connectivity index (χ0) is 33.2. The molecule has 0 aromatic heterocycles.